The Hall–Kier alpha value is -1.45. The zero-order chi connectivity index (χ0) is 12.8. The third-order valence-corrected chi connectivity index (χ3v) is 5.81. The number of hydrogen-bond acceptors (Lipinski definition) is 4. The Morgan fingerprint density at radius 1 is 1.28 bits per heavy atom. The van der Waals surface area contributed by atoms with Crippen molar-refractivity contribution in [1.82, 2.24) is 0 Å². The van der Waals surface area contributed by atoms with Gasteiger partial charge in [0.1, 0.15) is 0 Å². The van der Waals surface area contributed by atoms with Crippen LogP contribution < -0.4 is 0 Å². The second-order valence-electron chi connectivity index (χ2n) is 4.98. The van der Waals surface area contributed by atoms with Crippen LogP contribution in [0.2, 0.25) is 0 Å². The van der Waals surface area contributed by atoms with Gasteiger partial charge in [0, 0.05) is 0 Å². The maximum atomic E-state index is 11.9. The van der Waals surface area contributed by atoms with Gasteiger partial charge in [0.05, 0.1) is 16.2 Å². The molecule has 1 aliphatic heterocycles. The zero-order valence-corrected chi connectivity index (χ0v) is 10.7. The zero-order valence-electron chi connectivity index (χ0n) is 9.85. The molecule has 2 aliphatic rings. The average Bonchev–Trinajstić information content (AvgIpc) is 2.60. The molecular formula is C13H13NO3S. The summed E-state index contributed by atoms with van der Waals surface area (Å²) < 4.78 is 23.8. The van der Waals surface area contributed by atoms with Gasteiger partial charge < -0.3 is 0 Å². The van der Waals surface area contributed by atoms with E-state index in [4.69, 9.17) is 0 Å². The summed E-state index contributed by atoms with van der Waals surface area (Å²) in [4.78, 5) is 14.9. The van der Waals surface area contributed by atoms with Crippen LogP contribution in [0.5, 0.6) is 0 Å². The minimum absolute atomic E-state index is 0.190. The Labute approximate surface area is 106 Å². The third-order valence-electron chi connectivity index (χ3n) is 4.02. The number of isocyanates is 1. The number of fused-ring (bicyclic) bond motifs is 1. The van der Waals surface area contributed by atoms with Crippen LogP contribution in [0.1, 0.15) is 30.4 Å². The molecule has 3 rings (SSSR count). The molecular weight excluding hydrogens is 250 g/mol. The molecule has 1 aromatic rings. The van der Waals surface area contributed by atoms with E-state index in [0.717, 1.165) is 30.4 Å². The number of aliphatic imine (C=N–C) groups is 1. The normalized spacial score (nSPS) is 22.7. The first-order valence-corrected chi connectivity index (χ1v) is 7.68. The first-order valence-electron chi connectivity index (χ1n) is 6.03. The van der Waals surface area contributed by atoms with Crippen LogP contribution in [0.25, 0.3) is 0 Å². The van der Waals surface area contributed by atoms with E-state index < -0.39 is 15.4 Å². The van der Waals surface area contributed by atoms with Gasteiger partial charge in [-0.25, -0.2) is 13.2 Å². The minimum atomic E-state index is -3.13. The molecule has 0 spiro atoms. The standard InChI is InChI=1S/C13H13NO3S/c15-9-14-13(5-1-6-13)11-3-2-10-4-7-18(16,17)12(10)8-11/h2-3,8H,1,4-7H2. The van der Waals surface area contributed by atoms with Crippen molar-refractivity contribution in [3.8, 4) is 0 Å². The van der Waals surface area contributed by atoms with Gasteiger partial charge in [0.15, 0.2) is 9.84 Å². The van der Waals surface area contributed by atoms with Crippen molar-refractivity contribution in [2.45, 2.75) is 36.1 Å². The molecule has 1 fully saturated rings. The molecule has 0 saturated heterocycles. The number of sulfone groups is 1. The molecule has 18 heavy (non-hydrogen) atoms. The Morgan fingerprint density at radius 2 is 2.06 bits per heavy atom. The highest BCUT2D eigenvalue weighted by Gasteiger charge is 2.40. The van der Waals surface area contributed by atoms with Gasteiger partial charge in [-0.1, -0.05) is 12.1 Å². The van der Waals surface area contributed by atoms with Crippen molar-refractivity contribution < 1.29 is 13.2 Å². The number of hydrogen-bond donors (Lipinski definition) is 0. The molecule has 5 heteroatoms. The van der Waals surface area contributed by atoms with Crippen LogP contribution in [-0.4, -0.2) is 20.3 Å². The van der Waals surface area contributed by atoms with E-state index in [1.165, 1.54) is 0 Å². The van der Waals surface area contributed by atoms with Gasteiger partial charge in [-0.2, -0.15) is 4.99 Å². The van der Waals surface area contributed by atoms with Crippen LogP contribution in [0.15, 0.2) is 28.1 Å². The smallest absolute Gasteiger partial charge is 0.224 e. The topological polar surface area (TPSA) is 63.6 Å². The summed E-state index contributed by atoms with van der Waals surface area (Å²) in [5.41, 5.74) is 1.19. The number of carbonyl (C=O) groups excluding carboxylic acids is 1. The fraction of sp³-hybridized carbons (Fsp3) is 0.462. The maximum absolute atomic E-state index is 11.9. The van der Waals surface area contributed by atoms with Crippen molar-refractivity contribution in [3.63, 3.8) is 0 Å². The second-order valence-corrected chi connectivity index (χ2v) is 7.06. The monoisotopic (exact) mass is 263 g/mol. The fourth-order valence-corrected chi connectivity index (χ4v) is 4.34. The quantitative estimate of drug-likeness (QED) is 0.603. The number of nitrogens with zero attached hydrogens (tertiary/aromatic N) is 1. The molecule has 1 heterocycles. The molecule has 1 aromatic carbocycles. The highest BCUT2D eigenvalue weighted by molar-refractivity contribution is 7.91. The van der Waals surface area contributed by atoms with Gasteiger partial charge in [-0.15, -0.1) is 0 Å². The molecule has 0 unspecified atom stereocenters. The summed E-state index contributed by atoms with van der Waals surface area (Å²) in [5, 5.41) is 0. The summed E-state index contributed by atoms with van der Waals surface area (Å²) in [6, 6.07) is 5.47. The molecule has 1 saturated carbocycles. The van der Waals surface area contributed by atoms with E-state index in [-0.39, 0.29) is 5.75 Å². The van der Waals surface area contributed by atoms with Gasteiger partial charge in [0.25, 0.3) is 0 Å². The molecule has 0 radical (unpaired) electrons. The lowest BCUT2D eigenvalue weighted by Gasteiger charge is -2.37. The van der Waals surface area contributed by atoms with E-state index in [0.29, 0.717) is 11.3 Å². The first kappa shape index (κ1) is 11.6. The molecule has 94 valence electrons. The Balaban J connectivity index is 2.13. The van der Waals surface area contributed by atoms with Crippen molar-refractivity contribution in [1.29, 1.82) is 0 Å². The summed E-state index contributed by atoms with van der Waals surface area (Å²) in [7, 11) is -3.13. The molecule has 1 aliphatic carbocycles. The van der Waals surface area contributed by atoms with E-state index in [9.17, 15) is 13.2 Å². The lowest BCUT2D eigenvalue weighted by Crippen LogP contribution is -2.32. The summed E-state index contributed by atoms with van der Waals surface area (Å²) in [6.45, 7) is 0. The Bertz CT molecular complexity index is 653. The Kier molecular flexibility index (Phi) is 2.44. The molecule has 0 bridgehead atoms. The summed E-state index contributed by atoms with van der Waals surface area (Å²) in [6.07, 6.45) is 4.80. The highest BCUT2D eigenvalue weighted by atomic mass is 32.2. The van der Waals surface area contributed by atoms with E-state index in [1.54, 1.807) is 12.1 Å². The molecule has 4 nitrogen and oxygen atoms in total. The van der Waals surface area contributed by atoms with Gasteiger partial charge in [0.2, 0.25) is 6.08 Å². The van der Waals surface area contributed by atoms with Crippen LogP contribution in [0.3, 0.4) is 0 Å². The molecule has 0 aromatic heterocycles. The lowest BCUT2D eigenvalue weighted by molar-refractivity contribution is 0.255. The third kappa shape index (κ3) is 1.55. The number of rotatable bonds is 2. The SMILES string of the molecule is O=C=NC1(c2ccc3c(c2)S(=O)(=O)CC3)CCC1. The van der Waals surface area contributed by atoms with Gasteiger partial charge >= 0.3 is 0 Å². The van der Waals surface area contributed by atoms with E-state index in [2.05, 4.69) is 4.99 Å². The summed E-state index contributed by atoms with van der Waals surface area (Å²) in [5.74, 6) is 0.190. The van der Waals surface area contributed by atoms with Crippen molar-refractivity contribution in [2.24, 2.45) is 4.99 Å². The van der Waals surface area contributed by atoms with Crippen LogP contribution in [0.4, 0.5) is 0 Å². The fourth-order valence-electron chi connectivity index (χ4n) is 2.76. The van der Waals surface area contributed by atoms with Crippen molar-refractivity contribution in [2.75, 3.05) is 5.75 Å². The Morgan fingerprint density at radius 3 is 2.67 bits per heavy atom. The second kappa shape index (κ2) is 3.77. The number of benzene rings is 1. The largest absolute Gasteiger partial charge is 0.235 e. The van der Waals surface area contributed by atoms with E-state index >= 15 is 0 Å². The van der Waals surface area contributed by atoms with Gasteiger partial charge in [-0.3, -0.25) is 0 Å². The lowest BCUT2D eigenvalue weighted by atomic mass is 9.72. The summed E-state index contributed by atoms with van der Waals surface area (Å²) >= 11 is 0. The predicted molar refractivity (Wildman–Crippen MR) is 65.8 cm³/mol. The minimum Gasteiger partial charge on any atom is -0.224 e. The van der Waals surface area contributed by atoms with Crippen LogP contribution >= 0.6 is 0 Å². The molecule has 0 N–H and O–H groups in total. The molecule has 0 atom stereocenters. The van der Waals surface area contributed by atoms with Crippen molar-refractivity contribution in [3.05, 3.63) is 29.3 Å². The first-order chi connectivity index (χ1) is 8.57. The maximum Gasteiger partial charge on any atom is 0.235 e. The average molecular weight is 263 g/mol. The van der Waals surface area contributed by atoms with Crippen LogP contribution in [0, 0.1) is 0 Å². The van der Waals surface area contributed by atoms with E-state index in [1.807, 2.05) is 12.1 Å². The van der Waals surface area contributed by atoms with Gasteiger partial charge in [-0.05, 0) is 42.9 Å². The number of aryl methyl sites for hydroxylation is 1. The predicted octanol–water partition coefficient (Wildman–Crippen LogP) is 1.73. The highest BCUT2D eigenvalue weighted by Crippen LogP contribution is 2.45. The van der Waals surface area contributed by atoms with Crippen molar-refractivity contribution >= 4 is 15.9 Å². The molecule has 0 amide bonds. The van der Waals surface area contributed by atoms with Crippen LogP contribution in [-0.2, 0) is 26.6 Å².